The third-order valence-electron chi connectivity index (χ3n) is 4.30. The fourth-order valence-corrected chi connectivity index (χ4v) is 2.53. The van der Waals surface area contributed by atoms with Gasteiger partial charge in [-0.1, -0.05) is 25.0 Å². The van der Waals surface area contributed by atoms with Gasteiger partial charge in [0, 0.05) is 35.9 Å². The summed E-state index contributed by atoms with van der Waals surface area (Å²) in [6.45, 7) is 7.77. The number of benzene rings is 2. The lowest BCUT2D eigenvalue weighted by Gasteiger charge is -2.06. The molecule has 0 fully saturated rings. The molecule has 2 rings (SSSR count). The predicted octanol–water partition coefficient (Wildman–Crippen LogP) is 4.80. The van der Waals surface area contributed by atoms with E-state index in [1.165, 1.54) is 0 Å². The monoisotopic (exact) mass is 469 g/mol. The van der Waals surface area contributed by atoms with Crippen LogP contribution in [0.25, 0.3) is 0 Å². The molecule has 0 amide bonds. The molecule has 0 atom stereocenters. The first-order chi connectivity index (χ1) is 17.1. The van der Waals surface area contributed by atoms with Crippen molar-refractivity contribution in [1.29, 1.82) is 0 Å². The van der Waals surface area contributed by atoms with Gasteiger partial charge in [-0.3, -0.25) is 4.99 Å². The zero-order valence-corrected chi connectivity index (χ0v) is 19.5. The Morgan fingerprint density at radius 3 is 1.89 bits per heavy atom. The van der Waals surface area contributed by atoms with Gasteiger partial charge in [-0.2, -0.15) is 0 Å². The van der Waals surface area contributed by atoms with E-state index in [-0.39, 0.29) is 0 Å². The van der Waals surface area contributed by atoms with Crippen molar-refractivity contribution < 1.29 is 23.8 Å². The molecule has 0 N–H and O–H groups in total. The summed E-state index contributed by atoms with van der Waals surface area (Å²) in [5.74, 6) is 11.6. The summed E-state index contributed by atoms with van der Waals surface area (Å²) in [7, 11) is 0. The van der Waals surface area contributed by atoms with Crippen molar-refractivity contribution in [3.63, 3.8) is 0 Å². The van der Waals surface area contributed by atoms with Crippen LogP contribution in [-0.2, 0) is 19.1 Å². The van der Waals surface area contributed by atoms with Crippen LogP contribution >= 0.6 is 0 Å². The number of aliphatic imine (C=N–C) groups is 1. The largest absolute Gasteiger partial charge is 0.493 e. The van der Waals surface area contributed by atoms with E-state index < -0.39 is 11.9 Å². The summed E-state index contributed by atoms with van der Waals surface area (Å²) in [4.78, 5) is 26.3. The van der Waals surface area contributed by atoms with Gasteiger partial charge in [0.15, 0.2) is 0 Å². The maximum absolute atomic E-state index is 10.9. The van der Waals surface area contributed by atoms with Gasteiger partial charge in [0.1, 0.15) is 5.75 Å². The van der Waals surface area contributed by atoms with Crippen molar-refractivity contribution in [3.8, 4) is 29.4 Å². The molecule has 2 aromatic carbocycles. The third-order valence-corrected chi connectivity index (χ3v) is 4.30. The molecule has 178 valence electrons. The number of hydrogen-bond acceptors (Lipinski definition) is 6. The zero-order chi connectivity index (χ0) is 25.1. The van der Waals surface area contributed by atoms with Crippen LogP contribution in [0.2, 0.25) is 0 Å². The second kappa shape index (κ2) is 16.1. The van der Waals surface area contributed by atoms with Crippen LogP contribution in [0.4, 0.5) is 5.69 Å². The number of esters is 2. The van der Waals surface area contributed by atoms with Gasteiger partial charge in [-0.25, -0.2) is 9.59 Å². The summed E-state index contributed by atoms with van der Waals surface area (Å²) in [6, 6.07) is 14.9. The van der Waals surface area contributed by atoms with Crippen LogP contribution in [0, 0.1) is 23.7 Å². The number of ether oxygens (including phenoxy) is 3. The zero-order valence-electron chi connectivity index (χ0n) is 19.5. The molecule has 0 aliphatic carbocycles. The molecule has 0 aliphatic heterocycles. The molecule has 0 spiro atoms. The molecule has 35 heavy (non-hydrogen) atoms. The number of carbonyl (C=O) groups excluding carboxylic acids is 2. The van der Waals surface area contributed by atoms with Crippen LogP contribution in [0.15, 0.2) is 78.8 Å². The average Bonchev–Trinajstić information content (AvgIpc) is 2.89. The normalized spacial score (nSPS) is 9.71. The van der Waals surface area contributed by atoms with Gasteiger partial charge in [-0.05, 0) is 73.2 Å². The summed E-state index contributed by atoms with van der Waals surface area (Å²) >= 11 is 0. The average molecular weight is 470 g/mol. The highest BCUT2D eigenvalue weighted by molar-refractivity contribution is 5.81. The second-order valence-electron chi connectivity index (χ2n) is 6.97. The van der Waals surface area contributed by atoms with Crippen molar-refractivity contribution in [2.24, 2.45) is 4.99 Å². The van der Waals surface area contributed by atoms with Crippen LogP contribution < -0.4 is 4.74 Å². The minimum atomic E-state index is -0.434. The van der Waals surface area contributed by atoms with E-state index in [1.807, 2.05) is 48.5 Å². The van der Waals surface area contributed by atoms with Gasteiger partial charge in [0.2, 0.25) is 0 Å². The maximum Gasteiger partial charge on any atom is 0.330 e. The molecule has 0 unspecified atom stereocenters. The molecule has 0 aromatic heterocycles. The number of hydrogen-bond donors (Lipinski definition) is 0. The Balaban J connectivity index is 1.73. The van der Waals surface area contributed by atoms with Crippen LogP contribution in [0.1, 0.15) is 30.4 Å². The fourth-order valence-electron chi connectivity index (χ4n) is 2.53. The quantitative estimate of drug-likeness (QED) is 0.147. The van der Waals surface area contributed by atoms with Crippen molar-refractivity contribution in [2.45, 2.75) is 19.3 Å². The number of carbonyl (C=O) groups is 2. The first kappa shape index (κ1) is 26.7. The first-order valence-corrected chi connectivity index (χ1v) is 11.1. The van der Waals surface area contributed by atoms with Crippen molar-refractivity contribution >= 4 is 23.8 Å². The highest BCUT2D eigenvalue weighted by atomic mass is 16.5. The smallest absolute Gasteiger partial charge is 0.330 e. The lowest BCUT2D eigenvalue weighted by Crippen LogP contribution is -2.06. The van der Waals surface area contributed by atoms with Crippen LogP contribution in [0.3, 0.4) is 0 Å². The SMILES string of the molecule is C=CC(=O)OCCCC=Nc1ccc(C#CC#Cc2ccc(OCCCOC(=O)C=C)cc2)cc1. The summed E-state index contributed by atoms with van der Waals surface area (Å²) in [6.07, 6.45) is 6.09. The maximum atomic E-state index is 10.9. The Bertz CT molecular complexity index is 1140. The Hall–Kier alpha value is -4.55. The Morgan fingerprint density at radius 2 is 1.31 bits per heavy atom. The summed E-state index contributed by atoms with van der Waals surface area (Å²) in [5.41, 5.74) is 2.50. The first-order valence-electron chi connectivity index (χ1n) is 11.1. The standard InChI is InChI=1S/C29H27NO5/c1-3-28(31)34-21-8-7-20-30-26-16-12-24(13-17-26)10-5-6-11-25-14-18-27(19-15-25)33-22-9-23-35-29(32)4-2/h3-4,12-20H,1-2,7-9,21-23H2. The topological polar surface area (TPSA) is 74.2 Å². The molecule has 0 bridgehead atoms. The van der Waals surface area contributed by atoms with Gasteiger partial charge in [-0.15, -0.1) is 0 Å². The van der Waals surface area contributed by atoms with Crippen molar-refractivity contribution in [2.75, 3.05) is 19.8 Å². The molecule has 0 aliphatic rings. The fraction of sp³-hybridized carbons (Fsp3) is 0.207. The van der Waals surface area contributed by atoms with Crippen molar-refractivity contribution in [3.05, 3.63) is 85.0 Å². The Morgan fingerprint density at radius 1 is 0.771 bits per heavy atom. The Kier molecular flexibility index (Phi) is 12.3. The van der Waals surface area contributed by atoms with Crippen molar-refractivity contribution in [1.82, 2.24) is 0 Å². The molecule has 0 heterocycles. The summed E-state index contributed by atoms with van der Waals surface area (Å²) in [5, 5.41) is 0. The number of nitrogens with zero attached hydrogens (tertiary/aromatic N) is 1. The predicted molar refractivity (Wildman–Crippen MR) is 136 cm³/mol. The highest BCUT2D eigenvalue weighted by Gasteiger charge is 1.97. The Labute approximate surface area is 206 Å². The molecule has 0 saturated heterocycles. The molecular weight excluding hydrogens is 442 g/mol. The van der Waals surface area contributed by atoms with Gasteiger partial charge in [0.25, 0.3) is 0 Å². The molecule has 6 nitrogen and oxygen atoms in total. The number of unbranched alkanes of at least 4 members (excludes halogenated alkanes) is 1. The molecular formula is C29H27NO5. The van der Waals surface area contributed by atoms with Crippen LogP contribution in [0.5, 0.6) is 5.75 Å². The lowest BCUT2D eigenvalue weighted by atomic mass is 10.2. The third kappa shape index (κ3) is 11.8. The van der Waals surface area contributed by atoms with E-state index in [2.05, 4.69) is 41.8 Å². The van der Waals surface area contributed by atoms with E-state index in [9.17, 15) is 9.59 Å². The molecule has 0 radical (unpaired) electrons. The van der Waals surface area contributed by atoms with Gasteiger partial charge < -0.3 is 14.2 Å². The van der Waals surface area contributed by atoms with Crippen LogP contribution in [-0.4, -0.2) is 38.0 Å². The van der Waals surface area contributed by atoms with Gasteiger partial charge in [0.05, 0.1) is 25.5 Å². The summed E-state index contributed by atoms with van der Waals surface area (Å²) < 4.78 is 15.4. The molecule has 6 heteroatoms. The van der Waals surface area contributed by atoms with E-state index in [4.69, 9.17) is 14.2 Å². The lowest BCUT2D eigenvalue weighted by molar-refractivity contribution is -0.138. The van der Waals surface area contributed by atoms with Gasteiger partial charge >= 0.3 is 11.9 Å². The van der Waals surface area contributed by atoms with E-state index in [1.54, 1.807) is 6.21 Å². The van der Waals surface area contributed by atoms with E-state index >= 15 is 0 Å². The minimum Gasteiger partial charge on any atom is -0.493 e. The second-order valence-corrected chi connectivity index (χ2v) is 6.97. The number of rotatable bonds is 12. The molecule has 0 saturated carbocycles. The van der Waals surface area contributed by atoms with E-state index in [0.29, 0.717) is 39.1 Å². The highest BCUT2D eigenvalue weighted by Crippen LogP contribution is 2.13. The van der Waals surface area contributed by atoms with E-state index in [0.717, 1.165) is 34.7 Å². The minimum absolute atomic E-state index is 0.291. The molecule has 2 aromatic rings.